The molecule has 1 spiro atoms. The monoisotopic (exact) mass is 451 g/mol. The third kappa shape index (κ3) is 2.61. The van der Waals surface area contributed by atoms with Crippen molar-refractivity contribution in [2.75, 3.05) is 13.6 Å². The normalized spacial score (nSPS) is 31.0. The molecule has 1 saturated heterocycles. The molecule has 2 aliphatic heterocycles. The quantitative estimate of drug-likeness (QED) is 0.427. The summed E-state index contributed by atoms with van der Waals surface area (Å²) in [6, 6.07) is 7.28. The first-order valence-corrected chi connectivity index (χ1v) is 10.8. The number of benzene rings is 2. The fourth-order valence-corrected chi connectivity index (χ4v) is 6.28. The number of hydrogen-bond donors (Lipinski definition) is 1. The summed E-state index contributed by atoms with van der Waals surface area (Å²) < 4.78 is 12.3. The largest absolute Gasteiger partial charge is 0.482 e. The number of nitrogens with zero attached hydrogens (tertiary/aromatic N) is 3. The van der Waals surface area contributed by atoms with E-state index in [4.69, 9.17) is 9.47 Å². The van der Waals surface area contributed by atoms with Crippen LogP contribution in [-0.4, -0.2) is 51.7 Å². The second-order valence-electron chi connectivity index (χ2n) is 9.18. The zero-order chi connectivity index (χ0) is 23.1. The Labute approximate surface area is 188 Å². The fraction of sp³-hybridized carbons (Fsp3) is 0.391. The van der Waals surface area contributed by atoms with Crippen molar-refractivity contribution < 1.29 is 24.4 Å². The van der Waals surface area contributed by atoms with Crippen LogP contribution in [0.1, 0.15) is 17.5 Å². The minimum atomic E-state index is -0.773. The minimum absolute atomic E-state index is 0.106. The zero-order valence-corrected chi connectivity index (χ0v) is 17.7. The summed E-state index contributed by atoms with van der Waals surface area (Å²) in [4.78, 5) is 23.6. The van der Waals surface area contributed by atoms with E-state index in [0.717, 1.165) is 36.6 Å². The topological polar surface area (TPSA) is 128 Å². The summed E-state index contributed by atoms with van der Waals surface area (Å²) >= 11 is 0. The highest BCUT2D eigenvalue weighted by molar-refractivity contribution is 5.64. The van der Waals surface area contributed by atoms with Crippen LogP contribution in [0.5, 0.6) is 17.2 Å². The first kappa shape index (κ1) is 20.1. The van der Waals surface area contributed by atoms with Crippen molar-refractivity contribution in [2.24, 2.45) is 5.92 Å². The Morgan fingerprint density at radius 1 is 1.15 bits per heavy atom. The lowest BCUT2D eigenvalue weighted by Crippen LogP contribution is -2.64. The number of nitro groups is 2. The van der Waals surface area contributed by atoms with Crippen LogP contribution >= 0.6 is 0 Å². The number of likely N-dealkylation sites (tertiary alicyclic amines) is 1. The van der Waals surface area contributed by atoms with Crippen molar-refractivity contribution in [3.05, 3.63) is 73.8 Å². The lowest BCUT2D eigenvalue weighted by molar-refractivity contribution is -0.394. The molecule has 0 radical (unpaired) electrons. The van der Waals surface area contributed by atoms with Gasteiger partial charge in [0.2, 0.25) is 5.75 Å². The molecule has 4 aliphatic rings. The molecule has 1 fully saturated rings. The predicted octanol–water partition coefficient (Wildman–Crippen LogP) is 3.10. The van der Waals surface area contributed by atoms with Gasteiger partial charge in [-0.25, -0.2) is 0 Å². The van der Waals surface area contributed by atoms with E-state index >= 15 is 0 Å². The Balaban J connectivity index is 1.48. The molecule has 170 valence electrons. The third-order valence-electron chi connectivity index (χ3n) is 7.70. The number of hydrogen-bond acceptors (Lipinski definition) is 8. The van der Waals surface area contributed by atoms with Gasteiger partial charge in [-0.05, 0) is 44.1 Å². The van der Waals surface area contributed by atoms with Crippen LogP contribution < -0.4 is 9.47 Å². The molecule has 1 N–H and O–H groups in total. The van der Waals surface area contributed by atoms with Crippen LogP contribution in [-0.2, 0) is 11.8 Å². The molecule has 0 saturated carbocycles. The second-order valence-corrected chi connectivity index (χ2v) is 9.18. The predicted molar refractivity (Wildman–Crippen MR) is 116 cm³/mol. The highest BCUT2D eigenvalue weighted by atomic mass is 16.6. The number of aliphatic hydroxyl groups is 1. The lowest BCUT2D eigenvalue weighted by Gasteiger charge is -2.56. The van der Waals surface area contributed by atoms with E-state index in [2.05, 4.69) is 18.0 Å². The van der Waals surface area contributed by atoms with Crippen LogP contribution in [0.15, 0.2) is 42.5 Å². The van der Waals surface area contributed by atoms with Gasteiger partial charge < -0.3 is 19.5 Å². The molecule has 2 aromatic rings. The van der Waals surface area contributed by atoms with Gasteiger partial charge in [0.15, 0.2) is 11.5 Å². The van der Waals surface area contributed by atoms with Gasteiger partial charge in [-0.1, -0.05) is 18.2 Å². The molecule has 10 nitrogen and oxygen atoms in total. The van der Waals surface area contributed by atoms with E-state index < -0.39 is 27.7 Å². The van der Waals surface area contributed by atoms with Crippen LogP contribution in [0.25, 0.3) is 0 Å². The molecule has 2 heterocycles. The number of non-ortho nitro benzene ring substituents is 1. The SMILES string of the molecule is CN1CCC23c4c5ccc(Oc6ccc([N+](=O)[O-])cc6[N+](=O)[O-])c4OC2C(O)C=CC3C1C5. The van der Waals surface area contributed by atoms with Crippen LogP contribution in [0.3, 0.4) is 0 Å². The fourth-order valence-electron chi connectivity index (χ4n) is 6.28. The molecule has 10 heteroatoms. The summed E-state index contributed by atoms with van der Waals surface area (Å²) in [6.45, 7) is 0.874. The number of piperidine rings is 1. The van der Waals surface area contributed by atoms with Gasteiger partial charge in [0.05, 0.1) is 15.9 Å². The number of ether oxygens (including phenoxy) is 2. The average molecular weight is 451 g/mol. The molecule has 2 aliphatic carbocycles. The van der Waals surface area contributed by atoms with Gasteiger partial charge in [-0.15, -0.1) is 0 Å². The molecule has 6 rings (SSSR count). The van der Waals surface area contributed by atoms with E-state index in [1.54, 1.807) is 12.1 Å². The highest BCUT2D eigenvalue weighted by Crippen LogP contribution is 2.62. The van der Waals surface area contributed by atoms with Gasteiger partial charge in [-0.3, -0.25) is 20.2 Å². The standard InChI is InChI=1S/C23H21N3O7/c1-24-9-8-23-14-4-5-17(27)22(23)33-21-19(6-2-12(20(21)23)10-15(14)24)32-18-7-3-13(25(28)29)11-16(18)26(30)31/h2-7,11,14-15,17,22,27H,8-10H2,1H3. The maximum atomic E-state index is 11.6. The lowest BCUT2D eigenvalue weighted by atomic mass is 9.53. The van der Waals surface area contributed by atoms with Crippen molar-refractivity contribution in [1.82, 2.24) is 4.90 Å². The summed E-state index contributed by atoms with van der Waals surface area (Å²) in [5.74, 6) is 0.881. The molecule has 5 unspecified atom stereocenters. The minimum Gasteiger partial charge on any atom is -0.482 e. The highest BCUT2D eigenvalue weighted by Gasteiger charge is 2.64. The maximum absolute atomic E-state index is 11.6. The summed E-state index contributed by atoms with van der Waals surface area (Å²) in [5.41, 5.74) is 0.886. The van der Waals surface area contributed by atoms with E-state index in [1.165, 1.54) is 12.1 Å². The van der Waals surface area contributed by atoms with Crippen LogP contribution in [0, 0.1) is 26.1 Å². The molecule has 5 atom stereocenters. The average Bonchev–Trinajstić information content (AvgIpc) is 3.14. The molecule has 0 amide bonds. The van der Waals surface area contributed by atoms with Crippen LogP contribution in [0.4, 0.5) is 11.4 Å². The Morgan fingerprint density at radius 3 is 2.70 bits per heavy atom. The maximum Gasteiger partial charge on any atom is 0.318 e. The number of likely N-dealkylation sites (N-methyl/N-ethyl adjacent to an activating group) is 1. The number of rotatable bonds is 4. The molecule has 2 bridgehead atoms. The molecular weight excluding hydrogens is 430 g/mol. The molecule has 33 heavy (non-hydrogen) atoms. The first-order valence-electron chi connectivity index (χ1n) is 10.8. The smallest absolute Gasteiger partial charge is 0.318 e. The van der Waals surface area contributed by atoms with E-state index in [0.29, 0.717) is 17.5 Å². The third-order valence-corrected chi connectivity index (χ3v) is 7.70. The number of nitro benzene ring substituents is 2. The Hall–Kier alpha value is -3.50. The van der Waals surface area contributed by atoms with Gasteiger partial charge in [-0.2, -0.15) is 0 Å². The summed E-state index contributed by atoms with van der Waals surface area (Å²) in [5, 5.41) is 33.5. The summed E-state index contributed by atoms with van der Waals surface area (Å²) in [7, 11) is 2.12. The number of aliphatic hydroxyl groups excluding tert-OH is 1. The van der Waals surface area contributed by atoms with E-state index in [1.807, 2.05) is 6.07 Å². The Morgan fingerprint density at radius 2 is 1.94 bits per heavy atom. The van der Waals surface area contributed by atoms with Crippen molar-refractivity contribution in [3.63, 3.8) is 0 Å². The van der Waals surface area contributed by atoms with E-state index in [9.17, 15) is 25.3 Å². The van der Waals surface area contributed by atoms with Crippen molar-refractivity contribution in [3.8, 4) is 17.2 Å². The van der Waals surface area contributed by atoms with Gasteiger partial charge in [0.1, 0.15) is 12.2 Å². The van der Waals surface area contributed by atoms with Crippen LogP contribution in [0.2, 0.25) is 0 Å². The van der Waals surface area contributed by atoms with Gasteiger partial charge in [0, 0.05) is 29.0 Å². The Kier molecular flexibility index (Phi) is 4.12. The van der Waals surface area contributed by atoms with E-state index in [-0.39, 0.29) is 22.8 Å². The Bertz CT molecular complexity index is 1240. The molecule has 0 aromatic heterocycles. The van der Waals surface area contributed by atoms with Gasteiger partial charge in [0.25, 0.3) is 5.69 Å². The van der Waals surface area contributed by atoms with Crippen molar-refractivity contribution in [2.45, 2.75) is 36.5 Å². The first-order chi connectivity index (χ1) is 15.8. The van der Waals surface area contributed by atoms with Crippen molar-refractivity contribution in [1.29, 1.82) is 0 Å². The summed E-state index contributed by atoms with van der Waals surface area (Å²) in [6.07, 6.45) is 4.33. The zero-order valence-electron chi connectivity index (χ0n) is 17.7. The second kappa shape index (κ2) is 6.75. The van der Waals surface area contributed by atoms with Gasteiger partial charge >= 0.3 is 5.69 Å². The molecular formula is C23H21N3O7. The molecule has 2 aromatic carbocycles. The van der Waals surface area contributed by atoms with Crippen molar-refractivity contribution >= 4 is 11.4 Å².